The van der Waals surface area contributed by atoms with Gasteiger partial charge in [0, 0.05) is 47.2 Å². The van der Waals surface area contributed by atoms with E-state index in [1.54, 1.807) is 24.3 Å². The second kappa shape index (κ2) is 9.44. The van der Waals surface area contributed by atoms with E-state index in [0.717, 1.165) is 24.2 Å². The number of Topliss-reactive ketones (excluding diaryl/α,β-unsaturated/α-hetero) is 1. The fourth-order valence-corrected chi connectivity index (χ4v) is 5.10. The maximum Gasteiger partial charge on any atom is 0.256 e. The highest BCUT2D eigenvalue weighted by molar-refractivity contribution is 6.36. The van der Waals surface area contributed by atoms with Gasteiger partial charge in [0.15, 0.2) is 5.78 Å². The Morgan fingerprint density at radius 3 is 2.47 bits per heavy atom. The van der Waals surface area contributed by atoms with Crippen molar-refractivity contribution in [2.24, 2.45) is 5.92 Å². The molecule has 0 aliphatic carbocycles. The monoisotopic (exact) mass is 490 g/mol. The molecule has 0 bridgehead atoms. The topological polar surface area (TPSA) is 77.2 Å². The number of carbonyl (C=O) groups excluding carboxylic acids is 2. The summed E-state index contributed by atoms with van der Waals surface area (Å²) in [7, 11) is 3.97. The number of anilines is 1. The van der Waals surface area contributed by atoms with Gasteiger partial charge in [0.05, 0.1) is 11.1 Å². The molecule has 6 nitrogen and oxygen atoms in total. The van der Waals surface area contributed by atoms with Crippen LogP contribution in [0.2, 0.25) is 0 Å². The summed E-state index contributed by atoms with van der Waals surface area (Å²) in [5.74, 6) is -1.84. The lowest BCUT2D eigenvalue weighted by molar-refractivity contribution is -0.110. The molecule has 2 aromatic carbocycles. The summed E-state index contributed by atoms with van der Waals surface area (Å²) in [6, 6.07) is 8.67. The van der Waals surface area contributed by atoms with E-state index in [0.29, 0.717) is 41.2 Å². The smallest absolute Gasteiger partial charge is 0.256 e. The predicted octanol–water partition coefficient (Wildman–Crippen LogP) is 4.61. The molecule has 8 heteroatoms. The lowest BCUT2D eigenvalue weighted by Gasteiger charge is -2.16. The first-order valence-electron chi connectivity index (χ1n) is 12.0. The van der Waals surface area contributed by atoms with Crippen LogP contribution >= 0.6 is 0 Å². The van der Waals surface area contributed by atoms with Crippen molar-refractivity contribution < 1.29 is 18.4 Å². The predicted molar refractivity (Wildman–Crippen MR) is 137 cm³/mol. The molecule has 36 heavy (non-hydrogen) atoms. The third kappa shape index (κ3) is 4.16. The van der Waals surface area contributed by atoms with Gasteiger partial charge < -0.3 is 20.5 Å². The molecular weight excluding hydrogens is 462 g/mol. The maximum atomic E-state index is 14.7. The van der Waals surface area contributed by atoms with Gasteiger partial charge in [-0.25, -0.2) is 8.78 Å². The van der Waals surface area contributed by atoms with Gasteiger partial charge in [-0.2, -0.15) is 0 Å². The number of aromatic nitrogens is 1. The Bertz CT molecular complexity index is 1390. The van der Waals surface area contributed by atoms with Crippen LogP contribution in [0.15, 0.2) is 36.4 Å². The number of H-pyrrole nitrogens is 1. The van der Waals surface area contributed by atoms with E-state index in [9.17, 15) is 18.4 Å². The zero-order chi connectivity index (χ0) is 25.6. The molecule has 0 saturated heterocycles. The summed E-state index contributed by atoms with van der Waals surface area (Å²) in [5, 5.41) is 6.16. The number of halogens is 2. The molecule has 186 valence electrons. The lowest BCUT2D eigenvalue weighted by Crippen LogP contribution is -2.28. The summed E-state index contributed by atoms with van der Waals surface area (Å²) < 4.78 is 29.4. The van der Waals surface area contributed by atoms with Gasteiger partial charge >= 0.3 is 0 Å². The van der Waals surface area contributed by atoms with Crippen molar-refractivity contribution in [3.8, 4) is 11.1 Å². The van der Waals surface area contributed by atoms with Crippen LogP contribution in [0.3, 0.4) is 0 Å². The molecule has 3 heterocycles. The normalized spacial score (nSPS) is 18.4. The van der Waals surface area contributed by atoms with Crippen LogP contribution in [-0.2, 0) is 11.3 Å². The molecule has 1 atom stereocenters. The molecule has 0 saturated carbocycles. The average molecular weight is 491 g/mol. The Balaban J connectivity index is 1.59. The van der Waals surface area contributed by atoms with Crippen LogP contribution in [-0.4, -0.2) is 48.8 Å². The van der Waals surface area contributed by atoms with Gasteiger partial charge in [-0.3, -0.25) is 9.59 Å². The number of hydrogen-bond donors (Lipinski definition) is 3. The van der Waals surface area contributed by atoms with Crippen molar-refractivity contribution in [2.45, 2.75) is 19.9 Å². The maximum absolute atomic E-state index is 14.7. The zero-order valence-corrected chi connectivity index (χ0v) is 20.5. The molecule has 5 rings (SSSR count). The fraction of sp³-hybridized carbons (Fsp3) is 0.286. The molecule has 1 amide bonds. The van der Waals surface area contributed by atoms with E-state index < -0.39 is 11.6 Å². The first-order valence-corrected chi connectivity index (χ1v) is 12.0. The highest BCUT2D eigenvalue weighted by Gasteiger charge is 2.32. The molecule has 0 spiro atoms. The van der Waals surface area contributed by atoms with E-state index in [1.807, 2.05) is 21.0 Å². The second-order valence-corrected chi connectivity index (χ2v) is 9.64. The van der Waals surface area contributed by atoms with E-state index in [-0.39, 0.29) is 28.7 Å². The van der Waals surface area contributed by atoms with E-state index in [1.165, 1.54) is 18.2 Å². The molecule has 1 aromatic heterocycles. The minimum atomic E-state index is -0.703. The Hall–Kier alpha value is -3.62. The molecule has 1 unspecified atom stereocenters. The third-order valence-electron chi connectivity index (χ3n) is 6.95. The summed E-state index contributed by atoms with van der Waals surface area (Å²) >= 11 is 0. The first-order chi connectivity index (χ1) is 17.3. The number of benzene rings is 2. The van der Waals surface area contributed by atoms with Crippen LogP contribution in [0.25, 0.3) is 22.8 Å². The van der Waals surface area contributed by atoms with Gasteiger partial charge in [0.1, 0.15) is 11.6 Å². The van der Waals surface area contributed by atoms with Crippen LogP contribution in [0.5, 0.6) is 0 Å². The zero-order valence-electron chi connectivity index (χ0n) is 20.5. The number of ketones is 1. The van der Waals surface area contributed by atoms with Crippen LogP contribution in [0.4, 0.5) is 14.5 Å². The summed E-state index contributed by atoms with van der Waals surface area (Å²) in [4.78, 5) is 31.8. The molecule has 0 radical (unpaired) electrons. The molecule has 0 fully saturated rings. The molecule has 3 aromatic rings. The number of carbonyl (C=O) groups is 2. The third-order valence-corrected chi connectivity index (χ3v) is 6.95. The minimum absolute atomic E-state index is 0.0839. The van der Waals surface area contributed by atoms with Crippen molar-refractivity contribution in [2.75, 3.05) is 32.5 Å². The standard InChI is InChI=1S/C28H28F2N4O2/c1-15-22(32-23-14-31-13-16(10-11-34(2)3)27(35)24(15)23)12-18-25-17(6-4-9-21(25)33-28(18)36)26-19(29)7-5-8-20(26)30/h4-9,12,16,31-32H,10-11,13-14H2,1-3H3,(H,33,36). The van der Waals surface area contributed by atoms with Crippen molar-refractivity contribution in [3.63, 3.8) is 0 Å². The Morgan fingerprint density at radius 1 is 1.03 bits per heavy atom. The van der Waals surface area contributed by atoms with Gasteiger partial charge in [-0.15, -0.1) is 0 Å². The number of aromatic amines is 1. The number of nitrogens with one attached hydrogen (secondary N) is 3. The van der Waals surface area contributed by atoms with Crippen molar-refractivity contribution in [1.82, 2.24) is 15.2 Å². The second-order valence-electron chi connectivity index (χ2n) is 9.64. The molecule has 3 N–H and O–H groups in total. The molecular formula is C28H28F2N4O2. The Labute approximate surface area is 208 Å². The summed E-state index contributed by atoms with van der Waals surface area (Å²) in [5.41, 5.74) is 4.14. The number of nitrogens with zero attached hydrogens (tertiary/aromatic N) is 1. The van der Waals surface area contributed by atoms with Crippen LogP contribution < -0.4 is 10.6 Å². The van der Waals surface area contributed by atoms with Crippen molar-refractivity contribution in [1.29, 1.82) is 0 Å². The number of rotatable bonds is 5. The Morgan fingerprint density at radius 2 is 1.75 bits per heavy atom. The fourth-order valence-electron chi connectivity index (χ4n) is 5.10. The average Bonchev–Trinajstić information content (AvgIpc) is 3.25. The highest BCUT2D eigenvalue weighted by atomic mass is 19.1. The van der Waals surface area contributed by atoms with E-state index >= 15 is 0 Å². The SMILES string of the molecule is Cc1c(C=C2C(=O)Nc3cccc(-c4c(F)cccc4F)c32)[nH]c2c1C(=O)C(CCN(C)C)CNC2. The van der Waals surface area contributed by atoms with Gasteiger partial charge in [0.25, 0.3) is 5.91 Å². The van der Waals surface area contributed by atoms with Crippen molar-refractivity contribution >= 4 is 29.0 Å². The lowest BCUT2D eigenvalue weighted by atomic mass is 9.92. The van der Waals surface area contributed by atoms with Gasteiger partial charge in [-0.05, 0) is 69.4 Å². The summed E-state index contributed by atoms with van der Waals surface area (Å²) in [6.07, 6.45) is 2.42. The first kappa shape index (κ1) is 24.1. The van der Waals surface area contributed by atoms with Crippen LogP contribution in [0.1, 0.15) is 39.3 Å². The van der Waals surface area contributed by atoms with Gasteiger partial charge in [-0.1, -0.05) is 18.2 Å². The molecule has 2 aliphatic rings. The minimum Gasteiger partial charge on any atom is -0.357 e. The quantitative estimate of drug-likeness (QED) is 0.457. The number of amides is 1. The van der Waals surface area contributed by atoms with Crippen molar-refractivity contribution in [3.05, 3.63) is 76.1 Å². The molecule has 2 aliphatic heterocycles. The van der Waals surface area contributed by atoms with E-state index in [4.69, 9.17) is 0 Å². The number of fused-ring (bicyclic) bond motifs is 2. The van der Waals surface area contributed by atoms with Gasteiger partial charge in [0.2, 0.25) is 0 Å². The largest absolute Gasteiger partial charge is 0.357 e. The van der Waals surface area contributed by atoms with E-state index in [2.05, 4.69) is 20.5 Å². The summed E-state index contributed by atoms with van der Waals surface area (Å²) in [6.45, 7) is 3.79. The number of hydrogen-bond acceptors (Lipinski definition) is 4. The highest BCUT2D eigenvalue weighted by Crippen LogP contribution is 2.42. The Kier molecular flexibility index (Phi) is 6.32. The van der Waals surface area contributed by atoms with Crippen LogP contribution in [0, 0.1) is 24.5 Å².